The van der Waals surface area contributed by atoms with Crippen molar-refractivity contribution in [1.29, 1.82) is 0 Å². The highest BCUT2D eigenvalue weighted by atomic mass is 16.5. The Balaban J connectivity index is 2.40. The lowest BCUT2D eigenvalue weighted by atomic mass is 9.85. The molecule has 0 radical (unpaired) electrons. The van der Waals surface area contributed by atoms with Gasteiger partial charge in [-0.2, -0.15) is 0 Å². The molecule has 0 bridgehead atoms. The summed E-state index contributed by atoms with van der Waals surface area (Å²) >= 11 is 0. The Morgan fingerprint density at radius 2 is 1.85 bits per heavy atom. The summed E-state index contributed by atoms with van der Waals surface area (Å²) < 4.78 is 21.3. The summed E-state index contributed by atoms with van der Waals surface area (Å²) in [6.45, 7) is 1.04. The fourth-order valence-corrected chi connectivity index (χ4v) is 2.46. The van der Waals surface area contributed by atoms with Crippen LogP contribution in [0.2, 0.25) is 0 Å². The first-order chi connectivity index (χ1) is 9.66. The van der Waals surface area contributed by atoms with E-state index < -0.39 is 5.60 Å². The number of rotatable bonds is 5. The van der Waals surface area contributed by atoms with Crippen molar-refractivity contribution in [2.24, 2.45) is 0 Å². The number of hydrogen-bond donors (Lipinski definition) is 0. The third kappa shape index (κ3) is 2.64. The van der Waals surface area contributed by atoms with Crippen molar-refractivity contribution in [3.63, 3.8) is 0 Å². The van der Waals surface area contributed by atoms with Crippen molar-refractivity contribution in [3.05, 3.63) is 23.8 Å². The molecule has 0 atom stereocenters. The second-order valence-corrected chi connectivity index (χ2v) is 4.71. The Morgan fingerprint density at radius 1 is 1.15 bits per heavy atom. The SMILES string of the molecule is COc1ccc(OC)c(C(=O)C2(OC)CCOCC2)c1. The van der Waals surface area contributed by atoms with Gasteiger partial charge >= 0.3 is 0 Å². The smallest absolute Gasteiger partial charge is 0.198 e. The molecule has 1 heterocycles. The van der Waals surface area contributed by atoms with Gasteiger partial charge in [0.25, 0.3) is 0 Å². The average Bonchev–Trinajstić information content (AvgIpc) is 2.54. The van der Waals surface area contributed by atoms with Gasteiger partial charge in [0.05, 0.1) is 19.8 Å². The van der Waals surface area contributed by atoms with Gasteiger partial charge in [-0.05, 0) is 18.2 Å². The average molecular weight is 280 g/mol. The van der Waals surface area contributed by atoms with Gasteiger partial charge in [0.15, 0.2) is 5.78 Å². The third-order valence-electron chi connectivity index (χ3n) is 3.76. The molecular weight excluding hydrogens is 260 g/mol. The second kappa shape index (κ2) is 6.24. The molecule has 20 heavy (non-hydrogen) atoms. The first-order valence-corrected chi connectivity index (χ1v) is 6.56. The Kier molecular flexibility index (Phi) is 4.62. The monoisotopic (exact) mass is 280 g/mol. The number of methoxy groups -OCH3 is 3. The van der Waals surface area contributed by atoms with E-state index in [1.54, 1.807) is 39.5 Å². The van der Waals surface area contributed by atoms with Crippen LogP contribution in [-0.2, 0) is 9.47 Å². The first kappa shape index (κ1) is 14.8. The van der Waals surface area contributed by atoms with Crippen molar-refractivity contribution in [3.8, 4) is 11.5 Å². The Hall–Kier alpha value is -1.59. The predicted octanol–water partition coefficient (Wildman–Crippen LogP) is 2.08. The molecule has 1 aromatic carbocycles. The molecule has 0 N–H and O–H groups in total. The van der Waals surface area contributed by atoms with Gasteiger partial charge in [-0.3, -0.25) is 4.79 Å². The zero-order chi connectivity index (χ0) is 14.6. The molecule has 110 valence electrons. The van der Waals surface area contributed by atoms with Crippen LogP contribution in [0.5, 0.6) is 11.5 Å². The normalized spacial score (nSPS) is 17.6. The molecule has 0 saturated carbocycles. The molecule has 1 aliphatic rings. The molecule has 5 nitrogen and oxygen atoms in total. The first-order valence-electron chi connectivity index (χ1n) is 6.56. The molecule has 1 saturated heterocycles. The highest BCUT2D eigenvalue weighted by Gasteiger charge is 2.41. The maximum Gasteiger partial charge on any atom is 0.198 e. The van der Waals surface area contributed by atoms with Crippen LogP contribution in [0.4, 0.5) is 0 Å². The number of ketones is 1. The van der Waals surface area contributed by atoms with Gasteiger partial charge < -0.3 is 18.9 Å². The van der Waals surface area contributed by atoms with Crippen molar-refractivity contribution in [1.82, 2.24) is 0 Å². The van der Waals surface area contributed by atoms with E-state index in [0.717, 1.165) is 0 Å². The third-order valence-corrected chi connectivity index (χ3v) is 3.76. The van der Waals surface area contributed by atoms with Crippen LogP contribution >= 0.6 is 0 Å². The summed E-state index contributed by atoms with van der Waals surface area (Å²) in [5.41, 5.74) is -0.353. The summed E-state index contributed by atoms with van der Waals surface area (Å²) in [5.74, 6) is 1.06. The van der Waals surface area contributed by atoms with Crippen molar-refractivity contribution in [2.75, 3.05) is 34.5 Å². The highest BCUT2D eigenvalue weighted by molar-refractivity contribution is 6.05. The van der Waals surface area contributed by atoms with Gasteiger partial charge in [-0.1, -0.05) is 0 Å². The molecule has 0 aromatic heterocycles. The van der Waals surface area contributed by atoms with Crippen LogP contribution in [-0.4, -0.2) is 45.9 Å². The summed E-state index contributed by atoms with van der Waals surface area (Å²) in [4.78, 5) is 12.9. The van der Waals surface area contributed by atoms with Gasteiger partial charge in [-0.25, -0.2) is 0 Å². The molecule has 1 fully saturated rings. The molecule has 0 spiro atoms. The standard InChI is InChI=1S/C15H20O5/c1-17-11-4-5-13(18-2)12(10-11)14(16)15(19-3)6-8-20-9-7-15/h4-5,10H,6-9H2,1-3H3. The highest BCUT2D eigenvalue weighted by Crippen LogP contribution is 2.33. The summed E-state index contributed by atoms with van der Waals surface area (Å²) in [7, 11) is 4.68. The van der Waals surface area contributed by atoms with E-state index in [4.69, 9.17) is 18.9 Å². The molecule has 2 rings (SSSR count). The predicted molar refractivity (Wildman–Crippen MR) is 73.7 cm³/mol. The number of benzene rings is 1. The van der Waals surface area contributed by atoms with Gasteiger partial charge in [-0.15, -0.1) is 0 Å². The molecule has 1 aliphatic heterocycles. The second-order valence-electron chi connectivity index (χ2n) is 4.71. The van der Waals surface area contributed by atoms with E-state index in [2.05, 4.69) is 0 Å². The van der Waals surface area contributed by atoms with Crippen LogP contribution in [0.15, 0.2) is 18.2 Å². The van der Waals surface area contributed by atoms with Crippen molar-refractivity contribution < 1.29 is 23.7 Å². The molecule has 0 amide bonds. The quantitative estimate of drug-likeness (QED) is 0.773. The summed E-state index contributed by atoms with van der Waals surface area (Å²) in [6, 6.07) is 5.19. The Labute approximate surface area is 118 Å². The van der Waals surface area contributed by atoms with E-state index >= 15 is 0 Å². The minimum atomic E-state index is -0.835. The lowest BCUT2D eigenvalue weighted by molar-refractivity contribution is -0.0664. The van der Waals surface area contributed by atoms with Crippen molar-refractivity contribution in [2.45, 2.75) is 18.4 Å². The van der Waals surface area contributed by atoms with Gasteiger partial charge in [0.1, 0.15) is 17.1 Å². The minimum absolute atomic E-state index is 0.0842. The van der Waals surface area contributed by atoms with Gasteiger partial charge in [0, 0.05) is 33.2 Å². The molecule has 1 aromatic rings. The minimum Gasteiger partial charge on any atom is -0.497 e. The molecule has 0 aliphatic carbocycles. The molecule has 5 heteroatoms. The number of carbonyl (C=O) groups excluding carboxylic acids is 1. The van der Waals surface area contributed by atoms with Crippen LogP contribution < -0.4 is 9.47 Å². The number of carbonyl (C=O) groups is 1. The van der Waals surface area contributed by atoms with E-state index in [1.165, 1.54) is 0 Å². The number of hydrogen-bond acceptors (Lipinski definition) is 5. The van der Waals surface area contributed by atoms with E-state index in [0.29, 0.717) is 43.1 Å². The Bertz CT molecular complexity index is 477. The van der Waals surface area contributed by atoms with Crippen molar-refractivity contribution >= 4 is 5.78 Å². The maximum absolute atomic E-state index is 12.9. The molecule has 0 unspecified atom stereocenters. The van der Waals surface area contributed by atoms with E-state index in [-0.39, 0.29) is 5.78 Å². The fourth-order valence-electron chi connectivity index (χ4n) is 2.46. The van der Waals surface area contributed by atoms with Gasteiger partial charge in [0.2, 0.25) is 0 Å². The Morgan fingerprint density at radius 3 is 2.40 bits per heavy atom. The number of ether oxygens (including phenoxy) is 4. The lowest BCUT2D eigenvalue weighted by Gasteiger charge is -2.34. The topological polar surface area (TPSA) is 54.0 Å². The fraction of sp³-hybridized carbons (Fsp3) is 0.533. The van der Waals surface area contributed by atoms with Crippen LogP contribution in [0.25, 0.3) is 0 Å². The van der Waals surface area contributed by atoms with Crippen LogP contribution in [0, 0.1) is 0 Å². The zero-order valence-electron chi connectivity index (χ0n) is 12.1. The van der Waals surface area contributed by atoms with Crippen LogP contribution in [0.3, 0.4) is 0 Å². The summed E-state index contributed by atoms with van der Waals surface area (Å²) in [6.07, 6.45) is 1.09. The number of Topliss-reactive ketones (excluding diaryl/α,β-unsaturated/α-hetero) is 1. The lowest BCUT2D eigenvalue weighted by Crippen LogP contribution is -2.45. The maximum atomic E-state index is 12.9. The van der Waals surface area contributed by atoms with E-state index in [1.807, 2.05) is 0 Å². The van der Waals surface area contributed by atoms with E-state index in [9.17, 15) is 4.79 Å². The summed E-state index contributed by atoms with van der Waals surface area (Å²) in [5, 5.41) is 0. The zero-order valence-corrected chi connectivity index (χ0v) is 12.1. The largest absolute Gasteiger partial charge is 0.497 e. The molecular formula is C15H20O5. The van der Waals surface area contributed by atoms with Crippen LogP contribution in [0.1, 0.15) is 23.2 Å².